The molecule has 0 aliphatic heterocycles. The lowest BCUT2D eigenvalue weighted by Crippen LogP contribution is -2.31. The van der Waals surface area contributed by atoms with Crippen LogP contribution in [0.5, 0.6) is 0 Å². The molecule has 4 aromatic rings. The summed E-state index contributed by atoms with van der Waals surface area (Å²) in [5.74, 6) is 2.65. The van der Waals surface area contributed by atoms with Gasteiger partial charge in [0.1, 0.15) is 11.6 Å². The summed E-state index contributed by atoms with van der Waals surface area (Å²) in [4.78, 5) is 36.7. The maximum atomic E-state index is 12.5. The largest absolute Gasteiger partial charge is 0.330 e. The molecule has 5 rings (SSSR count). The number of aromatic nitrogens is 7. The minimum Gasteiger partial charge on any atom is -0.325 e. The van der Waals surface area contributed by atoms with Gasteiger partial charge in [-0.05, 0) is 31.4 Å². The van der Waals surface area contributed by atoms with Crippen molar-refractivity contribution in [1.29, 1.82) is 0 Å². The molecule has 0 saturated heterocycles. The van der Waals surface area contributed by atoms with E-state index in [4.69, 9.17) is 10.1 Å². The van der Waals surface area contributed by atoms with Crippen LogP contribution in [-0.4, -0.2) is 33.9 Å². The van der Waals surface area contributed by atoms with Crippen LogP contribution in [0.2, 0.25) is 0 Å². The van der Waals surface area contributed by atoms with Crippen molar-refractivity contribution in [1.82, 2.24) is 33.9 Å². The van der Waals surface area contributed by atoms with E-state index in [1.165, 1.54) is 11.8 Å². The molecule has 1 aliphatic carbocycles. The average molecular weight is 452 g/mol. The highest BCUT2D eigenvalue weighted by Crippen LogP contribution is 2.40. The molecule has 1 saturated carbocycles. The number of benzene rings is 1. The van der Waals surface area contributed by atoms with Crippen LogP contribution in [-0.2, 0) is 19.3 Å². The third-order valence-electron chi connectivity index (χ3n) is 5.73. The monoisotopic (exact) mass is 451 g/mol. The van der Waals surface area contributed by atoms with Crippen molar-refractivity contribution in [3.8, 4) is 5.69 Å². The van der Waals surface area contributed by atoms with Crippen molar-refractivity contribution in [2.45, 2.75) is 56.0 Å². The van der Waals surface area contributed by atoms with Gasteiger partial charge in [0.15, 0.2) is 11.2 Å². The minimum atomic E-state index is -0.411. The van der Waals surface area contributed by atoms with Gasteiger partial charge in [-0.25, -0.2) is 19.4 Å². The van der Waals surface area contributed by atoms with Crippen molar-refractivity contribution in [3.63, 3.8) is 0 Å². The summed E-state index contributed by atoms with van der Waals surface area (Å²) in [6.07, 6.45) is 4.06. The van der Waals surface area contributed by atoms with E-state index in [0.29, 0.717) is 40.4 Å². The molecule has 1 aromatic carbocycles. The Bertz CT molecular complexity index is 1380. The first-order valence-electron chi connectivity index (χ1n) is 10.9. The van der Waals surface area contributed by atoms with Gasteiger partial charge in [-0.1, -0.05) is 43.3 Å². The number of unbranched alkanes of at least 4 members (excludes halogenated alkanes) is 1. The molecule has 0 amide bonds. The lowest BCUT2D eigenvalue weighted by molar-refractivity contribution is 0.613. The molecule has 0 bridgehead atoms. The number of fused-ring (bicyclic) bond motifs is 1. The van der Waals surface area contributed by atoms with Crippen molar-refractivity contribution in [3.05, 3.63) is 62.8 Å². The average Bonchev–Trinajstić information content (AvgIpc) is 3.46. The Kier molecular flexibility index (Phi) is 5.46. The van der Waals surface area contributed by atoms with Gasteiger partial charge in [-0.15, -0.1) is 5.10 Å². The van der Waals surface area contributed by atoms with Crippen molar-refractivity contribution >= 4 is 22.9 Å². The van der Waals surface area contributed by atoms with E-state index in [2.05, 4.69) is 16.9 Å². The molecule has 10 heteroatoms. The summed E-state index contributed by atoms with van der Waals surface area (Å²) in [5.41, 5.74) is 1.03. The van der Waals surface area contributed by atoms with E-state index >= 15 is 0 Å². The van der Waals surface area contributed by atoms with Crippen molar-refractivity contribution in [2.24, 2.45) is 7.05 Å². The third-order valence-corrected chi connectivity index (χ3v) is 6.56. The maximum absolute atomic E-state index is 12.5. The number of nitrogens with zero attached hydrogens (tertiary/aromatic N) is 6. The van der Waals surface area contributed by atoms with E-state index in [1.807, 2.05) is 35.0 Å². The maximum Gasteiger partial charge on any atom is 0.330 e. The SMILES string of the molecule is CCCCn1c(=O)[nH]c(=O)c2c1nc(CSc1nc(C3CC3)n(-c3ccccc3)n1)n2C. The molecule has 166 valence electrons. The van der Waals surface area contributed by atoms with Crippen LogP contribution < -0.4 is 11.2 Å². The molecule has 1 N–H and O–H groups in total. The second-order valence-corrected chi connectivity index (χ2v) is 9.03. The van der Waals surface area contributed by atoms with E-state index < -0.39 is 11.2 Å². The molecule has 3 aromatic heterocycles. The first-order chi connectivity index (χ1) is 15.6. The molecule has 9 nitrogen and oxygen atoms in total. The van der Waals surface area contributed by atoms with Gasteiger partial charge < -0.3 is 4.57 Å². The number of nitrogens with one attached hydrogen (secondary N) is 1. The second kappa shape index (κ2) is 8.42. The number of para-hydroxylation sites is 1. The highest BCUT2D eigenvalue weighted by molar-refractivity contribution is 7.98. The Balaban J connectivity index is 1.46. The number of imidazole rings is 1. The van der Waals surface area contributed by atoms with E-state index in [1.54, 1.807) is 16.2 Å². The molecule has 0 radical (unpaired) electrons. The van der Waals surface area contributed by atoms with Gasteiger partial charge >= 0.3 is 5.69 Å². The lowest BCUT2D eigenvalue weighted by Gasteiger charge is -2.04. The Morgan fingerprint density at radius 1 is 1.16 bits per heavy atom. The molecule has 0 atom stereocenters. The zero-order valence-corrected chi connectivity index (χ0v) is 18.9. The first kappa shape index (κ1) is 20.7. The van der Waals surface area contributed by atoms with Gasteiger partial charge in [-0.3, -0.25) is 14.3 Å². The molecule has 32 heavy (non-hydrogen) atoms. The Morgan fingerprint density at radius 2 is 1.94 bits per heavy atom. The van der Waals surface area contributed by atoms with E-state index in [-0.39, 0.29) is 0 Å². The Morgan fingerprint density at radius 3 is 2.66 bits per heavy atom. The number of thioether (sulfide) groups is 1. The van der Waals surface area contributed by atoms with Crippen LogP contribution in [0.1, 0.15) is 50.2 Å². The number of hydrogen-bond donors (Lipinski definition) is 1. The van der Waals surface area contributed by atoms with Gasteiger partial charge in [0.25, 0.3) is 5.56 Å². The first-order valence-corrected chi connectivity index (χ1v) is 11.9. The zero-order valence-electron chi connectivity index (χ0n) is 18.1. The molecular formula is C22H25N7O2S. The third kappa shape index (κ3) is 3.79. The van der Waals surface area contributed by atoms with E-state index in [0.717, 1.165) is 37.2 Å². The molecular weight excluding hydrogens is 426 g/mol. The van der Waals surface area contributed by atoms with Gasteiger partial charge in [0.05, 0.1) is 11.4 Å². The van der Waals surface area contributed by atoms with Crippen molar-refractivity contribution in [2.75, 3.05) is 0 Å². The fraction of sp³-hybridized carbons (Fsp3) is 0.409. The van der Waals surface area contributed by atoms with Crippen molar-refractivity contribution < 1.29 is 0 Å². The normalized spacial score (nSPS) is 13.8. The molecule has 1 aliphatic rings. The summed E-state index contributed by atoms with van der Waals surface area (Å²) < 4.78 is 5.25. The number of aryl methyl sites for hydroxylation is 2. The topological polar surface area (TPSA) is 103 Å². The minimum absolute atomic E-state index is 0.411. The quantitative estimate of drug-likeness (QED) is 0.413. The molecule has 0 unspecified atom stereocenters. The van der Waals surface area contributed by atoms with Gasteiger partial charge in [-0.2, -0.15) is 0 Å². The zero-order chi connectivity index (χ0) is 22.2. The number of rotatable bonds is 8. The summed E-state index contributed by atoms with van der Waals surface area (Å²) in [6.45, 7) is 2.59. The summed E-state index contributed by atoms with van der Waals surface area (Å²) >= 11 is 1.49. The smallest absolute Gasteiger partial charge is 0.325 e. The van der Waals surface area contributed by atoms with Crippen LogP contribution in [0.4, 0.5) is 0 Å². The fourth-order valence-electron chi connectivity index (χ4n) is 3.80. The van der Waals surface area contributed by atoms with Crippen LogP contribution in [0, 0.1) is 0 Å². The molecule has 3 heterocycles. The summed E-state index contributed by atoms with van der Waals surface area (Å²) in [7, 11) is 1.81. The van der Waals surface area contributed by atoms with Crippen LogP contribution >= 0.6 is 11.8 Å². The fourth-order valence-corrected chi connectivity index (χ4v) is 4.62. The van der Waals surface area contributed by atoms with Gasteiger partial charge in [0.2, 0.25) is 5.16 Å². The van der Waals surface area contributed by atoms with E-state index in [9.17, 15) is 9.59 Å². The van der Waals surface area contributed by atoms with Gasteiger partial charge in [0, 0.05) is 19.5 Å². The molecule has 1 fully saturated rings. The number of aromatic amines is 1. The highest BCUT2D eigenvalue weighted by Gasteiger charge is 2.30. The Hall–Kier alpha value is -3.14. The number of H-pyrrole nitrogens is 1. The lowest BCUT2D eigenvalue weighted by atomic mass is 10.3. The van der Waals surface area contributed by atoms with Crippen LogP contribution in [0.25, 0.3) is 16.9 Å². The highest BCUT2D eigenvalue weighted by atomic mass is 32.2. The predicted octanol–water partition coefficient (Wildman–Crippen LogP) is 2.97. The Labute approximate surface area is 188 Å². The second-order valence-electron chi connectivity index (χ2n) is 8.09. The number of hydrogen-bond acceptors (Lipinski definition) is 6. The summed E-state index contributed by atoms with van der Waals surface area (Å²) in [5, 5.41) is 5.42. The predicted molar refractivity (Wildman–Crippen MR) is 123 cm³/mol. The summed E-state index contributed by atoms with van der Waals surface area (Å²) in [6, 6.07) is 10.0. The molecule has 0 spiro atoms. The van der Waals surface area contributed by atoms with Crippen LogP contribution in [0.15, 0.2) is 45.1 Å². The van der Waals surface area contributed by atoms with Crippen LogP contribution in [0.3, 0.4) is 0 Å². The standard InChI is InChI=1S/C22H25N7O2S/c1-3-4-12-28-19-17(20(30)25-22(28)31)27(2)16(23-19)13-32-21-24-18(14-10-11-14)29(26-21)15-8-6-5-7-9-15/h5-9,14H,3-4,10-13H2,1-2H3,(H,25,30,31).